The molecule has 4 atom stereocenters. The molecule has 1 aromatic rings. The molecular formula is C27H37F2N. The Morgan fingerprint density at radius 3 is 2.03 bits per heavy atom. The molecule has 30 heavy (non-hydrogen) atoms. The first-order valence-electron chi connectivity index (χ1n) is 12.5. The van der Waals surface area contributed by atoms with Crippen LogP contribution in [0.2, 0.25) is 0 Å². The number of halogens is 2. The molecule has 4 rings (SSSR count). The first-order chi connectivity index (χ1) is 14.6. The summed E-state index contributed by atoms with van der Waals surface area (Å²) in [7, 11) is 0. The third-order valence-corrected chi connectivity index (χ3v) is 8.81. The van der Waals surface area contributed by atoms with E-state index in [-0.39, 0.29) is 5.92 Å². The van der Waals surface area contributed by atoms with E-state index in [1.54, 1.807) is 6.07 Å². The molecule has 3 aliphatic carbocycles. The van der Waals surface area contributed by atoms with Crippen LogP contribution in [0, 0.1) is 52.6 Å². The first-order valence-corrected chi connectivity index (χ1v) is 12.5. The standard InChI is InChI=1S/C27H37F2N/c1-2-3-4-18-5-6-23-14-22(12-11-21(23)13-18)19-7-9-20(10-8-19)24-15-26(28)25(17-30)27(29)16-24/h15-16,18-23H,2-14H2,1H3. The van der Waals surface area contributed by atoms with E-state index in [9.17, 15) is 8.78 Å². The fourth-order valence-corrected chi connectivity index (χ4v) is 7.06. The Morgan fingerprint density at radius 1 is 0.833 bits per heavy atom. The highest BCUT2D eigenvalue weighted by Crippen LogP contribution is 2.50. The van der Waals surface area contributed by atoms with Gasteiger partial charge in [0.1, 0.15) is 23.3 Å². The van der Waals surface area contributed by atoms with Gasteiger partial charge in [-0.1, -0.05) is 32.6 Å². The molecule has 3 heteroatoms. The normalized spacial score (nSPS) is 34.2. The molecule has 0 heterocycles. The highest BCUT2D eigenvalue weighted by molar-refractivity contribution is 5.36. The lowest BCUT2D eigenvalue weighted by Crippen LogP contribution is -2.34. The number of nitrogens with zero attached hydrogens (tertiary/aromatic N) is 1. The zero-order chi connectivity index (χ0) is 21.1. The number of unbranched alkanes of at least 4 members (excludes halogenated alkanes) is 1. The van der Waals surface area contributed by atoms with Crippen LogP contribution in [0.25, 0.3) is 0 Å². The minimum Gasteiger partial charge on any atom is -0.205 e. The van der Waals surface area contributed by atoms with Crippen molar-refractivity contribution in [1.82, 2.24) is 0 Å². The molecule has 0 saturated heterocycles. The molecule has 1 nitrogen and oxygen atoms in total. The first kappa shape index (κ1) is 21.8. The van der Waals surface area contributed by atoms with Crippen LogP contribution in [-0.4, -0.2) is 0 Å². The Labute approximate surface area is 181 Å². The van der Waals surface area contributed by atoms with Gasteiger partial charge in [0.2, 0.25) is 0 Å². The van der Waals surface area contributed by atoms with Crippen molar-refractivity contribution in [3.63, 3.8) is 0 Å². The van der Waals surface area contributed by atoms with Crippen molar-refractivity contribution >= 4 is 0 Å². The second-order valence-corrected chi connectivity index (χ2v) is 10.5. The van der Waals surface area contributed by atoms with E-state index in [4.69, 9.17) is 5.26 Å². The maximum absolute atomic E-state index is 14.0. The minimum atomic E-state index is -0.706. The topological polar surface area (TPSA) is 23.8 Å². The Hall–Kier alpha value is -1.43. The molecule has 0 aliphatic heterocycles. The van der Waals surface area contributed by atoms with Gasteiger partial charge in [0.15, 0.2) is 0 Å². The van der Waals surface area contributed by atoms with Crippen LogP contribution in [-0.2, 0) is 0 Å². The molecule has 0 N–H and O–H groups in total. The molecule has 4 unspecified atom stereocenters. The molecule has 3 saturated carbocycles. The van der Waals surface area contributed by atoms with Gasteiger partial charge in [-0.15, -0.1) is 0 Å². The summed E-state index contributed by atoms with van der Waals surface area (Å²) in [4.78, 5) is 0. The van der Waals surface area contributed by atoms with E-state index >= 15 is 0 Å². The summed E-state index contributed by atoms with van der Waals surface area (Å²) in [5.74, 6) is 3.43. The van der Waals surface area contributed by atoms with Gasteiger partial charge in [0, 0.05) is 0 Å². The highest BCUT2D eigenvalue weighted by atomic mass is 19.1. The van der Waals surface area contributed by atoms with Crippen LogP contribution in [0.15, 0.2) is 12.1 Å². The van der Waals surface area contributed by atoms with E-state index in [1.165, 1.54) is 82.8 Å². The zero-order valence-electron chi connectivity index (χ0n) is 18.5. The predicted molar refractivity (Wildman–Crippen MR) is 117 cm³/mol. The zero-order valence-corrected chi connectivity index (χ0v) is 18.5. The van der Waals surface area contributed by atoms with Crippen molar-refractivity contribution in [1.29, 1.82) is 5.26 Å². The second-order valence-electron chi connectivity index (χ2n) is 10.5. The van der Waals surface area contributed by atoms with Crippen molar-refractivity contribution in [2.75, 3.05) is 0 Å². The molecule has 3 fully saturated rings. The van der Waals surface area contributed by atoms with E-state index in [0.29, 0.717) is 0 Å². The minimum absolute atomic E-state index is 0.239. The Kier molecular flexibility index (Phi) is 7.12. The number of benzene rings is 1. The van der Waals surface area contributed by atoms with Gasteiger partial charge >= 0.3 is 0 Å². The molecule has 0 spiro atoms. The maximum Gasteiger partial charge on any atom is 0.144 e. The number of nitriles is 1. The quantitative estimate of drug-likeness (QED) is 0.478. The number of rotatable bonds is 5. The van der Waals surface area contributed by atoms with Gasteiger partial charge in [-0.3, -0.25) is 0 Å². The third kappa shape index (κ3) is 4.74. The average molecular weight is 414 g/mol. The second kappa shape index (κ2) is 9.80. The Bertz CT molecular complexity index is 736. The molecule has 0 amide bonds. The summed E-state index contributed by atoms with van der Waals surface area (Å²) in [6, 6.07) is 4.42. The Morgan fingerprint density at radius 2 is 1.40 bits per heavy atom. The lowest BCUT2D eigenvalue weighted by atomic mass is 9.60. The lowest BCUT2D eigenvalue weighted by Gasteiger charge is -2.45. The van der Waals surface area contributed by atoms with Crippen LogP contribution in [0.1, 0.15) is 107 Å². The van der Waals surface area contributed by atoms with Crippen molar-refractivity contribution in [2.45, 2.75) is 96.3 Å². The fourth-order valence-electron chi connectivity index (χ4n) is 7.06. The van der Waals surface area contributed by atoms with Gasteiger partial charge in [0.05, 0.1) is 0 Å². The van der Waals surface area contributed by atoms with Crippen molar-refractivity contribution in [3.8, 4) is 6.07 Å². The summed E-state index contributed by atoms with van der Waals surface area (Å²) in [6.45, 7) is 2.31. The summed E-state index contributed by atoms with van der Waals surface area (Å²) in [5.41, 5.74) is 0.296. The van der Waals surface area contributed by atoms with Gasteiger partial charge in [-0.05, 0) is 111 Å². The van der Waals surface area contributed by atoms with Crippen molar-refractivity contribution in [2.24, 2.45) is 29.6 Å². The molecule has 0 aromatic heterocycles. The van der Waals surface area contributed by atoms with Crippen LogP contribution in [0.4, 0.5) is 8.78 Å². The third-order valence-electron chi connectivity index (χ3n) is 8.81. The molecule has 0 radical (unpaired) electrons. The van der Waals surface area contributed by atoms with Crippen LogP contribution in [0.5, 0.6) is 0 Å². The molecule has 0 bridgehead atoms. The van der Waals surface area contributed by atoms with Gasteiger partial charge < -0.3 is 0 Å². The fraction of sp³-hybridized carbons (Fsp3) is 0.741. The monoisotopic (exact) mass is 413 g/mol. The van der Waals surface area contributed by atoms with Gasteiger partial charge in [0.25, 0.3) is 0 Å². The van der Waals surface area contributed by atoms with Crippen LogP contribution < -0.4 is 0 Å². The number of hydrogen-bond donors (Lipinski definition) is 0. The van der Waals surface area contributed by atoms with Crippen LogP contribution >= 0.6 is 0 Å². The van der Waals surface area contributed by atoms with Gasteiger partial charge in [-0.2, -0.15) is 5.26 Å². The summed E-state index contributed by atoms with van der Waals surface area (Å²) >= 11 is 0. The van der Waals surface area contributed by atoms with E-state index in [1.807, 2.05) is 0 Å². The molecule has 164 valence electrons. The largest absolute Gasteiger partial charge is 0.205 e. The molecule has 1 aromatic carbocycles. The summed E-state index contributed by atoms with van der Waals surface area (Å²) in [6.07, 6.45) is 17.3. The van der Waals surface area contributed by atoms with Gasteiger partial charge in [-0.25, -0.2) is 8.78 Å². The summed E-state index contributed by atoms with van der Waals surface area (Å²) in [5, 5.41) is 8.88. The van der Waals surface area contributed by atoms with Crippen molar-refractivity contribution < 1.29 is 8.78 Å². The predicted octanol–water partition coefficient (Wildman–Crippen LogP) is 8.13. The van der Waals surface area contributed by atoms with E-state index in [2.05, 4.69) is 6.92 Å². The molecule has 3 aliphatic rings. The smallest absolute Gasteiger partial charge is 0.144 e. The SMILES string of the molecule is CCCCC1CCC2CC(C3CCC(c4cc(F)c(C#N)c(F)c4)CC3)CCC2C1. The van der Waals surface area contributed by atoms with E-state index in [0.717, 1.165) is 48.0 Å². The van der Waals surface area contributed by atoms with Crippen LogP contribution in [0.3, 0.4) is 0 Å². The average Bonchev–Trinajstić information content (AvgIpc) is 2.77. The summed E-state index contributed by atoms with van der Waals surface area (Å²) < 4.78 is 28.1. The number of fused-ring (bicyclic) bond motifs is 1. The highest BCUT2D eigenvalue weighted by Gasteiger charge is 2.38. The molecular weight excluding hydrogens is 376 g/mol. The Balaban J connectivity index is 1.29. The number of hydrogen-bond acceptors (Lipinski definition) is 1. The lowest BCUT2D eigenvalue weighted by molar-refractivity contribution is 0.0614. The van der Waals surface area contributed by atoms with E-state index < -0.39 is 17.2 Å². The van der Waals surface area contributed by atoms with Crippen molar-refractivity contribution in [3.05, 3.63) is 34.9 Å². The maximum atomic E-state index is 14.0.